The number of nitriles is 1. The average Bonchev–Trinajstić information content (AvgIpc) is 3.19. The maximum Gasteiger partial charge on any atom is 0.129 e. The van der Waals surface area contributed by atoms with Gasteiger partial charge in [-0.25, -0.2) is 0 Å². The van der Waals surface area contributed by atoms with Crippen LogP contribution < -0.4 is 5.32 Å². The van der Waals surface area contributed by atoms with Crippen molar-refractivity contribution in [2.24, 2.45) is 5.92 Å². The van der Waals surface area contributed by atoms with Crippen LogP contribution in [0.1, 0.15) is 31.4 Å². The topological polar surface area (TPSA) is 53.6 Å². The quantitative estimate of drug-likeness (QED) is 0.836. The highest BCUT2D eigenvalue weighted by molar-refractivity contribution is 5.17. The fourth-order valence-corrected chi connectivity index (χ4v) is 2.43. The number of nitrogens with one attached hydrogen (secondary N) is 1. The number of aryl methyl sites for hydroxylation is 1. The van der Waals surface area contributed by atoms with Crippen molar-refractivity contribution >= 4 is 0 Å². The van der Waals surface area contributed by atoms with E-state index < -0.39 is 0 Å². The second kappa shape index (κ2) is 3.85. The second-order valence-corrected chi connectivity index (χ2v) is 5.43. The molecule has 0 aliphatic heterocycles. The first-order valence-electron chi connectivity index (χ1n) is 6.41. The highest BCUT2D eigenvalue weighted by atomic mass is 15.3. The standard InChI is InChI=1S/C13H18N4/c1-10-6-7-17(16-10)9-13(8-14,11-2-3-11)15-12-4-5-12/h6-7,11-12,15H,2-5,9H2,1H3. The largest absolute Gasteiger partial charge is 0.295 e. The molecule has 4 nitrogen and oxygen atoms in total. The lowest BCUT2D eigenvalue weighted by atomic mass is 9.94. The van der Waals surface area contributed by atoms with Crippen molar-refractivity contribution < 1.29 is 0 Å². The van der Waals surface area contributed by atoms with E-state index in [1.54, 1.807) is 0 Å². The van der Waals surface area contributed by atoms with E-state index in [4.69, 9.17) is 0 Å². The molecule has 1 aromatic rings. The molecule has 0 amide bonds. The molecule has 0 spiro atoms. The van der Waals surface area contributed by atoms with E-state index in [2.05, 4.69) is 16.5 Å². The molecule has 90 valence electrons. The minimum absolute atomic E-state index is 0.389. The zero-order valence-corrected chi connectivity index (χ0v) is 10.2. The molecule has 1 aromatic heterocycles. The van der Waals surface area contributed by atoms with Crippen molar-refractivity contribution in [1.82, 2.24) is 15.1 Å². The molecule has 3 rings (SSSR count). The lowest BCUT2D eigenvalue weighted by Gasteiger charge is -2.28. The summed E-state index contributed by atoms with van der Waals surface area (Å²) < 4.78 is 1.91. The van der Waals surface area contributed by atoms with Crippen molar-refractivity contribution in [2.45, 2.75) is 50.7 Å². The number of hydrogen-bond acceptors (Lipinski definition) is 3. The first-order valence-corrected chi connectivity index (χ1v) is 6.41. The van der Waals surface area contributed by atoms with Crippen LogP contribution in [0.15, 0.2) is 12.3 Å². The molecule has 2 aliphatic carbocycles. The highest BCUT2D eigenvalue weighted by Gasteiger charge is 2.48. The van der Waals surface area contributed by atoms with E-state index in [9.17, 15) is 5.26 Å². The normalized spacial score (nSPS) is 23.1. The first kappa shape index (κ1) is 10.8. The number of hydrogen-bond donors (Lipinski definition) is 1. The molecule has 2 saturated carbocycles. The van der Waals surface area contributed by atoms with Gasteiger partial charge in [0.25, 0.3) is 0 Å². The molecule has 0 radical (unpaired) electrons. The summed E-state index contributed by atoms with van der Waals surface area (Å²) in [6, 6.07) is 5.09. The van der Waals surface area contributed by atoms with Crippen molar-refractivity contribution in [1.29, 1.82) is 5.26 Å². The van der Waals surface area contributed by atoms with Gasteiger partial charge in [-0.15, -0.1) is 0 Å². The lowest BCUT2D eigenvalue weighted by molar-refractivity contribution is 0.302. The van der Waals surface area contributed by atoms with Gasteiger partial charge in [0.2, 0.25) is 0 Å². The van der Waals surface area contributed by atoms with E-state index in [-0.39, 0.29) is 5.54 Å². The van der Waals surface area contributed by atoms with Gasteiger partial charge in [0.05, 0.1) is 18.3 Å². The fourth-order valence-electron chi connectivity index (χ4n) is 2.43. The van der Waals surface area contributed by atoms with Crippen LogP contribution in [0.2, 0.25) is 0 Å². The molecule has 0 saturated heterocycles. The van der Waals surface area contributed by atoms with Crippen LogP contribution in [0.3, 0.4) is 0 Å². The van der Waals surface area contributed by atoms with E-state index in [1.165, 1.54) is 25.7 Å². The van der Waals surface area contributed by atoms with Crippen molar-refractivity contribution in [3.05, 3.63) is 18.0 Å². The van der Waals surface area contributed by atoms with Crippen LogP contribution in [-0.2, 0) is 6.54 Å². The SMILES string of the molecule is Cc1ccn(CC(C#N)(NC2CC2)C2CC2)n1. The summed E-state index contributed by atoms with van der Waals surface area (Å²) in [6.07, 6.45) is 6.75. The third kappa shape index (κ3) is 2.20. The summed E-state index contributed by atoms with van der Waals surface area (Å²) >= 11 is 0. The van der Waals surface area contributed by atoms with Crippen LogP contribution >= 0.6 is 0 Å². The van der Waals surface area contributed by atoms with E-state index in [1.807, 2.05) is 23.9 Å². The molecule has 2 aliphatic rings. The minimum Gasteiger partial charge on any atom is -0.295 e. The van der Waals surface area contributed by atoms with Crippen molar-refractivity contribution in [3.8, 4) is 6.07 Å². The van der Waals surface area contributed by atoms with E-state index in [0.29, 0.717) is 18.5 Å². The Bertz CT molecular complexity index is 450. The van der Waals surface area contributed by atoms with Crippen LogP contribution in [0.5, 0.6) is 0 Å². The summed E-state index contributed by atoms with van der Waals surface area (Å²) in [5, 5.41) is 17.5. The fraction of sp³-hybridized carbons (Fsp3) is 0.692. The predicted molar refractivity (Wildman–Crippen MR) is 64.2 cm³/mol. The molecule has 1 unspecified atom stereocenters. The van der Waals surface area contributed by atoms with Crippen LogP contribution in [-0.4, -0.2) is 21.4 Å². The van der Waals surface area contributed by atoms with Gasteiger partial charge in [-0.1, -0.05) is 0 Å². The van der Waals surface area contributed by atoms with Gasteiger partial charge in [-0.3, -0.25) is 10.00 Å². The molecular weight excluding hydrogens is 212 g/mol. The van der Waals surface area contributed by atoms with Gasteiger partial charge >= 0.3 is 0 Å². The number of rotatable bonds is 5. The predicted octanol–water partition coefficient (Wildman–Crippen LogP) is 1.62. The number of nitrogens with zero attached hydrogens (tertiary/aromatic N) is 3. The Kier molecular flexibility index (Phi) is 2.44. The van der Waals surface area contributed by atoms with Gasteiger partial charge in [-0.05, 0) is 44.6 Å². The van der Waals surface area contributed by atoms with E-state index >= 15 is 0 Å². The number of aromatic nitrogens is 2. The molecule has 0 bridgehead atoms. The summed E-state index contributed by atoms with van der Waals surface area (Å²) in [5.41, 5.74) is 0.624. The highest BCUT2D eigenvalue weighted by Crippen LogP contribution is 2.42. The Hall–Kier alpha value is -1.34. The van der Waals surface area contributed by atoms with Gasteiger partial charge in [-0.2, -0.15) is 10.4 Å². The van der Waals surface area contributed by atoms with E-state index in [0.717, 1.165) is 5.69 Å². The first-order chi connectivity index (χ1) is 8.22. The average molecular weight is 230 g/mol. The summed E-state index contributed by atoms with van der Waals surface area (Å²) in [6.45, 7) is 2.66. The van der Waals surface area contributed by atoms with Crippen LogP contribution in [0, 0.1) is 24.2 Å². The monoisotopic (exact) mass is 230 g/mol. The Morgan fingerprint density at radius 2 is 2.29 bits per heavy atom. The van der Waals surface area contributed by atoms with Gasteiger partial charge in [0.15, 0.2) is 0 Å². The van der Waals surface area contributed by atoms with Gasteiger partial charge < -0.3 is 0 Å². The Morgan fingerprint density at radius 1 is 1.53 bits per heavy atom. The summed E-state index contributed by atoms with van der Waals surface area (Å²) in [5.74, 6) is 0.512. The third-order valence-electron chi connectivity index (χ3n) is 3.70. The molecule has 1 heterocycles. The zero-order valence-electron chi connectivity index (χ0n) is 10.2. The van der Waals surface area contributed by atoms with Crippen molar-refractivity contribution in [2.75, 3.05) is 0 Å². The summed E-state index contributed by atoms with van der Waals surface area (Å²) in [7, 11) is 0. The maximum absolute atomic E-state index is 9.58. The molecule has 0 aromatic carbocycles. The Labute approximate surface area is 102 Å². The molecule has 17 heavy (non-hydrogen) atoms. The van der Waals surface area contributed by atoms with Crippen molar-refractivity contribution in [3.63, 3.8) is 0 Å². The molecular formula is C13H18N4. The van der Waals surface area contributed by atoms with Crippen LogP contribution in [0.4, 0.5) is 0 Å². The Morgan fingerprint density at radius 3 is 2.76 bits per heavy atom. The Balaban J connectivity index is 1.79. The third-order valence-corrected chi connectivity index (χ3v) is 3.70. The lowest BCUT2D eigenvalue weighted by Crippen LogP contribution is -2.50. The smallest absolute Gasteiger partial charge is 0.129 e. The molecule has 1 atom stereocenters. The molecule has 1 N–H and O–H groups in total. The van der Waals surface area contributed by atoms with Gasteiger partial charge in [0, 0.05) is 12.2 Å². The maximum atomic E-state index is 9.58. The minimum atomic E-state index is -0.389. The summed E-state index contributed by atoms with van der Waals surface area (Å²) in [4.78, 5) is 0. The molecule has 2 fully saturated rings. The van der Waals surface area contributed by atoms with Crippen LogP contribution in [0.25, 0.3) is 0 Å². The second-order valence-electron chi connectivity index (χ2n) is 5.43. The molecule has 4 heteroatoms. The zero-order chi connectivity index (χ0) is 11.9. The van der Waals surface area contributed by atoms with Gasteiger partial charge in [0.1, 0.15) is 5.54 Å².